The number of hydrogen-bond donors (Lipinski definition) is 0. The van der Waals surface area contributed by atoms with Gasteiger partial charge in [0.2, 0.25) is 0 Å². The highest BCUT2D eigenvalue weighted by Crippen LogP contribution is 2.35. The van der Waals surface area contributed by atoms with Crippen LogP contribution in [-0.4, -0.2) is 11.6 Å². The number of rotatable bonds is 7. The summed E-state index contributed by atoms with van der Waals surface area (Å²) >= 11 is 0. The van der Waals surface area contributed by atoms with E-state index in [1.165, 1.54) is 6.92 Å². The van der Waals surface area contributed by atoms with Gasteiger partial charge in [-0.05, 0) is 54.4 Å². The van der Waals surface area contributed by atoms with Crippen molar-refractivity contribution in [2.75, 3.05) is 4.90 Å². The Kier molecular flexibility index (Phi) is 6.04. The molecule has 4 rings (SSSR count). The molecule has 0 aliphatic heterocycles. The van der Waals surface area contributed by atoms with Gasteiger partial charge in [-0.2, -0.15) is 0 Å². The highest BCUT2D eigenvalue weighted by atomic mass is 16.1. The first-order valence-electron chi connectivity index (χ1n) is 10.3. The average molecular weight is 405 g/mol. The summed E-state index contributed by atoms with van der Waals surface area (Å²) in [5.41, 5.74) is 5.90. The number of nitrogens with zero attached hydrogens (tertiary/aromatic N) is 1. The van der Waals surface area contributed by atoms with Crippen LogP contribution in [0.15, 0.2) is 109 Å². The summed E-state index contributed by atoms with van der Waals surface area (Å²) in [7, 11) is 0. The molecule has 0 amide bonds. The van der Waals surface area contributed by atoms with Crippen molar-refractivity contribution in [3.8, 4) is 11.1 Å². The van der Waals surface area contributed by atoms with Gasteiger partial charge in [0.05, 0.1) is 6.42 Å². The van der Waals surface area contributed by atoms with Gasteiger partial charge in [-0.1, -0.05) is 72.8 Å². The molecule has 0 heterocycles. The van der Waals surface area contributed by atoms with Gasteiger partial charge in [0.15, 0.2) is 5.78 Å². The maximum atomic E-state index is 12.1. The summed E-state index contributed by atoms with van der Waals surface area (Å²) in [6, 6.07) is 36.3. The quantitative estimate of drug-likeness (QED) is 0.246. The summed E-state index contributed by atoms with van der Waals surface area (Å²) in [6.45, 7) is 1.43. The van der Waals surface area contributed by atoms with Gasteiger partial charge in [-0.3, -0.25) is 9.59 Å². The normalized spacial score (nSPS) is 10.5. The molecule has 3 nitrogen and oxygen atoms in total. The molecule has 0 spiro atoms. The van der Waals surface area contributed by atoms with E-state index in [0.29, 0.717) is 5.56 Å². The van der Waals surface area contributed by atoms with Crippen LogP contribution in [0.5, 0.6) is 0 Å². The lowest BCUT2D eigenvalue weighted by Crippen LogP contribution is -2.09. The Bertz CT molecular complexity index is 1130. The van der Waals surface area contributed by atoms with Crippen LogP contribution in [0, 0.1) is 0 Å². The van der Waals surface area contributed by atoms with Crippen LogP contribution in [0.1, 0.15) is 23.7 Å². The summed E-state index contributed by atoms with van der Waals surface area (Å²) in [5.74, 6) is -0.262. The van der Waals surface area contributed by atoms with Crippen molar-refractivity contribution in [1.29, 1.82) is 0 Å². The fourth-order valence-electron chi connectivity index (χ4n) is 3.58. The monoisotopic (exact) mass is 405 g/mol. The van der Waals surface area contributed by atoms with E-state index in [-0.39, 0.29) is 18.0 Å². The Morgan fingerprint density at radius 3 is 1.45 bits per heavy atom. The number of hydrogen-bond acceptors (Lipinski definition) is 3. The fourth-order valence-corrected chi connectivity index (χ4v) is 3.58. The second-order valence-electron chi connectivity index (χ2n) is 7.43. The molecule has 31 heavy (non-hydrogen) atoms. The number of carbonyl (C=O) groups is 2. The highest BCUT2D eigenvalue weighted by molar-refractivity contribution is 6.07. The Hall–Kier alpha value is -3.98. The van der Waals surface area contributed by atoms with Crippen molar-refractivity contribution in [2.24, 2.45) is 0 Å². The molecule has 4 aromatic carbocycles. The van der Waals surface area contributed by atoms with Crippen LogP contribution in [0.4, 0.5) is 17.1 Å². The van der Waals surface area contributed by atoms with E-state index >= 15 is 0 Å². The van der Waals surface area contributed by atoms with Gasteiger partial charge < -0.3 is 4.90 Å². The van der Waals surface area contributed by atoms with Crippen LogP contribution in [-0.2, 0) is 4.79 Å². The van der Waals surface area contributed by atoms with Crippen molar-refractivity contribution >= 4 is 28.6 Å². The Balaban J connectivity index is 1.62. The molecule has 0 bridgehead atoms. The largest absolute Gasteiger partial charge is 0.311 e. The van der Waals surface area contributed by atoms with E-state index in [1.54, 1.807) is 12.1 Å². The third kappa shape index (κ3) is 4.78. The van der Waals surface area contributed by atoms with E-state index in [2.05, 4.69) is 53.4 Å². The van der Waals surface area contributed by atoms with E-state index in [4.69, 9.17) is 0 Å². The van der Waals surface area contributed by atoms with E-state index in [9.17, 15) is 9.59 Å². The van der Waals surface area contributed by atoms with Gasteiger partial charge in [0, 0.05) is 22.6 Å². The molecule has 4 aromatic rings. The van der Waals surface area contributed by atoms with E-state index < -0.39 is 0 Å². The lowest BCUT2D eigenvalue weighted by molar-refractivity contribution is -0.116. The van der Waals surface area contributed by atoms with Crippen LogP contribution >= 0.6 is 0 Å². The number of anilines is 3. The Morgan fingerprint density at radius 1 is 0.581 bits per heavy atom. The van der Waals surface area contributed by atoms with Gasteiger partial charge in [0.1, 0.15) is 5.78 Å². The first-order valence-corrected chi connectivity index (χ1v) is 10.3. The highest BCUT2D eigenvalue weighted by Gasteiger charge is 2.12. The molecule has 0 aromatic heterocycles. The Labute approximate surface area is 182 Å². The summed E-state index contributed by atoms with van der Waals surface area (Å²) in [6.07, 6.45) is -0.0527. The molecule has 0 saturated carbocycles. The first kappa shape index (κ1) is 20.3. The zero-order valence-electron chi connectivity index (χ0n) is 17.4. The number of carbonyl (C=O) groups excluding carboxylic acids is 2. The Morgan fingerprint density at radius 2 is 1.00 bits per heavy atom. The molecule has 0 atom stereocenters. The minimum atomic E-state index is -0.143. The number of benzene rings is 4. The molecule has 0 fully saturated rings. The van der Waals surface area contributed by atoms with E-state index in [0.717, 1.165) is 28.2 Å². The lowest BCUT2D eigenvalue weighted by Gasteiger charge is -2.25. The molecule has 0 N–H and O–H groups in total. The SMILES string of the molecule is CC(=O)CC(=O)c1ccc(-c2ccc(N(c3ccccc3)c3ccccc3)cc2)cc1. The van der Waals surface area contributed by atoms with Gasteiger partial charge in [-0.25, -0.2) is 0 Å². The van der Waals surface area contributed by atoms with Crippen molar-refractivity contribution in [1.82, 2.24) is 0 Å². The van der Waals surface area contributed by atoms with Crippen molar-refractivity contribution in [2.45, 2.75) is 13.3 Å². The molecular weight excluding hydrogens is 382 g/mol. The molecule has 0 aliphatic carbocycles. The molecule has 0 saturated heterocycles. The summed E-state index contributed by atoms with van der Waals surface area (Å²) in [4.78, 5) is 25.5. The second-order valence-corrected chi connectivity index (χ2v) is 7.43. The molecule has 0 aliphatic rings. The predicted molar refractivity (Wildman–Crippen MR) is 126 cm³/mol. The van der Waals surface area contributed by atoms with Crippen LogP contribution < -0.4 is 4.90 Å². The van der Waals surface area contributed by atoms with Crippen molar-refractivity contribution in [3.63, 3.8) is 0 Å². The minimum absolute atomic E-state index is 0.0527. The second kappa shape index (κ2) is 9.23. The smallest absolute Gasteiger partial charge is 0.170 e. The zero-order chi connectivity index (χ0) is 21.6. The maximum Gasteiger partial charge on any atom is 0.170 e. The molecule has 152 valence electrons. The molecule has 3 heteroatoms. The summed E-state index contributed by atoms with van der Waals surface area (Å²) in [5, 5.41) is 0. The molecular formula is C28H23NO2. The van der Waals surface area contributed by atoms with Crippen LogP contribution in [0.25, 0.3) is 11.1 Å². The minimum Gasteiger partial charge on any atom is -0.311 e. The maximum absolute atomic E-state index is 12.1. The van der Waals surface area contributed by atoms with Gasteiger partial charge in [-0.15, -0.1) is 0 Å². The first-order chi connectivity index (χ1) is 15.1. The van der Waals surface area contributed by atoms with Crippen molar-refractivity contribution in [3.05, 3.63) is 115 Å². The van der Waals surface area contributed by atoms with Gasteiger partial charge >= 0.3 is 0 Å². The lowest BCUT2D eigenvalue weighted by atomic mass is 10.0. The fraction of sp³-hybridized carbons (Fsp3) is 0.0714. The van der Waals surface area contributed by atoms with Gasteiger partial charge in [0.25, 0.3) is 0 Å². The third-order valence-electron chi connectivity index (χ3n) is 5.10. The summed E-state index contributed by atoms with van der Waals surface area (Å²) < 4.78 is 0. The average Bonchev–Trinajstić information content (AvgIpc) is 2.81. The van der Waals surface area contributed by atoms with Crippen LogP contribution in [0.3, 0.4) is 0 Å². The van der Waals surface area contributed by atoms with Crippen LogP contribution in [0.2, 0.25) is 0 Å². The third-order valence-corrected chi connectivity index (χ3v) is 5.10. The predicted octanol–water partition coefficient (Wildman–Crippen LogP) is 6.99. The number of Topliss-reactive ketones (excluding diaryl/α,β-unsaturated/α-hetero) is 2. The molecule has 0 radical (unpaired) electrons. The molecule has 0 unspecified atom stereocenters. The number of para-hydroxylation sites is 2. The number of ketones is 2. The topological polar surface area (TPSA) is 37.4 Å². The van der Waals surface area contributed by atoms with E-state index in [1.807, 2.05) is 48.5 Å². The standard InChI is InChI=1S/C28H23NO2/c1-21(30)20-28(31)24-14-12-22(13-15-24)23-16-18-27(19-17-23)29(25-8-4-2-5-9-25)26-10-6-3-7-11-26/h2-19H,20H2,1H3. The van der Waals surface area contributed by atoms with Crippen molar-refractivity contribution < 1.29 is 9.59 Å². The zero-order valence-corrected chi connectivity index (χ0v) is 17.4.